The molecule has 2 rings (SSSR count). The highest BCUT2D eigenvalue weighted by Crippen LogP contribution is 2.22. The molecule has 1 unspecified atom stereocenters. The van der Waals surface area contributed by atoms with E-state index < -0.39 is 0 Å². The summed E-state index contributed by atoms with van der Waals surface area (Å²) >= 11 is 0. The zero-order valence-corrected chi connectivity index (χ0v) is 14.2. The molecule has 6 nitrogen and oxygen atoms in total. The van der Waals surface area contributed by atoms with Crippen molar-refractivity contribution in [1.29, 1.82) is 0 Å². The highest BCUT2D eigenvalue weighted by atomic mass is 19.1. The van der Waals surface area contributed by atoms with Crippen LogP contribution in [0, 0.1) is 5.82 Å². The maximum atomic E-state index is 13.3. The summed E-state index contributed by atoms with van der Waals surface area (Å²) in [7, 11) is 0. The van der Waals surface area contributed by atoms with Gasteiger partial charge in [-0.3, -0.25) is 4.79 Å². The lowest BCUT2D eigenvalue weighted by molar-refractivity contribution is -0.117. The number of hydrogen-bond acceptors (Lipinski definition) is 3. The van der Waals surface area contributed by atoms with E-state index in [1.54, 1.807) is 12.1 Å². The third-order valence-corrected chi connectivity index (χ3v) is 4.19. The van der Waals surface area contributed by atoms with Crippen LogP contribution in [-0.2, 0) is 4.79 Å². The van der Waals surface area contributed by atoms with Gasteiger partial charge in [0.15, 0.2) is 0 Å². The van der Waals surface area contributed by atoms with Crippen LogP contribution in [0.5, 0.6) is 0 Å². The first-order chi connectivity index (χ1) is 11.5. The predicted octanol–water partition coefficient (Wildman–Crippen LogP) is 1.57. The van der Waals surface area contributed by atoms with Gasteiger partial charge in [0.05, 0.1) is 6.04 Å². The fraction of sp³-hybridized carbons (Fsp3) is 0.529. The molecule has 7 heteroatoms. The topological polar surface area (TPSA) is 64.7 Å². The van der Waals surface area contributed by atoms with Crippen molar-refractivity contribution < 1.29 is 14.0 Å². The number of carbonyl (C=O) groups excluding carboxylic acids is 2. The van der Waals surface area contributed by atoms with Gasteiger partial charge in [-0.25, -0.2) is 9.18 Å². The Bertz CT molecular complexity index is 577. The van der Waals surface area contributed by atoms with Gasteiger partial charge in [0.25, 0.3) is 0 Å². The lowest BCUT2D eigenvalue weighted by Gasteiger charge is -2.19. The standard InChI is InChI=1S/C17H25FN4O2/c1-3-21(4-2)9-8-19-17(24)20-14-11-16(23)22(12-14)15-7-5-6-13(18)10-15/h5-7,10,14H,3-4,8-9,11-12H2,1-2H3,(H2,19,20,24). The van der Waals surface area contributed by atoms with E-state index in [2.05, 4.69) is 29.4 Å². The number of benzene rings is 1. The Morgan fingerprint density at radius 3 is 2.79 bits per heavy atom. The Labute approximate surface area is 142 Å². The van der Waals surface area contributed by atoms with Crippen molar-refractivity contribution in [2.75, 3.05) is 37.6 Å². The summed E-state index contributed by atoms with van der Waals surface area (Å²) in [5.41, 5.74) is 0.520. The summed E-state index contributed by atoms with van der Waals surface area (Å²) in [4.78, 5) is 27.7. The summed E-state index contributed by atoms with van der Waals surface area (Å²) < 4.78 is 13.3. The van der Waals surface area contributed by atoms with Gasteiger partial charge >= 0.3 is 6.03 Å². The Kier molecular flexibility index (Phi) is 6.54. The van der Waals surface area contributed by atoms with Gasteiger partial charge in [0.1, 0.15) is 5.82 Å². The molecule has 2 N–H and O–H groups in total. The summed E-state index contributed by atoms with van der Waals surface area (Å²) in [6.07, 6.45) is 0.222. The Morgan fingerprint density at radius 2 is 2.12 bits per heavy atom. The van der Waals surface area contributed by atoms with Crippen LogP contribution in [0.2, 0.25) is 0 Å². The third kappa shape index (κ3) is 4.92. The Balaban J connectivity index is 1.80. The van der Waals surface area contributed by atoms with E-state index in [4.69, 9.17) is 0 Å². The highest BCUT2D eigenvalue weighted by Gasteiger charge is 2.31. The van der Waals surface area contributed by atoms with E-state index in [1.165, 1.54) is 17.0 Å². The number of halogens is 1. The first-order valence-electron chi connectivity index (χ1n) is 8.36. The maximum Gasteiger partial charge on any atom is 0.315 e. The van der Waals surface area contributed by atoms with Crippen molar-refractivity contribution >= 4 is 17.6 Å². The van der Waals surface area contributed by atoms with Crippen molar-refractivity contribution in [3.8, 4) is 0 Å². The van der Waals surface area contributed by atoms with Gasteiger partial charge in [-0.2, -0.15) is 0 Å². The van der Waals surface area contributed by atoms with E-state index in [1.807, 2.05) is 0 Å². The van der Waals surface area contributed by atoms with Crippen LogP contribution in [0.25, 0.3) is 0 Å². The van der Waals surface area contributed by atoms with E-state index in [-0.39, 0.29) is 30.2 Å². The molecule has 1 saturated heterocycles. The second-order valence-electron chi connectivity index (χ2n) is 5.81. The van der Waals surface area contributed by atoms with E-state index >= 15 is 0 Å². The van der Waals surface area contributed by atoms with Crippen LogP contribution >= 0.6 is 0 Å². The quantitative estimate of drug-likeness (QED) is 0.794. The number of nitrogens with zero attached hydrogens (tertiary/aromatic N) is 2. The van der Waals surface area contributed by atoms with Crippen LogP contribution in [0.15, 0.2) is 24.3 Å². The molecular weight excluding hydrogens is 311 g/mol. The summed E-state index contributed by atoms with van der Waals surface area (Å²) in [5.74, 6) is -0.500. The number of carbonyl (C=O) groups is 2. The zero-order chi connectivity index (χ0) is 17.5. The van der Waals surface area contributed by atoms with E-state index in [9.17, 15) is 14.0 Å². The first kappa shape index (κ1) is 18.2. The van der Waals surface area contributed by atoms with Crippen molar-refractivity contribution in [2.45, 2.75) is 26.3 Å². The molecule has 0 aromatic heterocycles. The van der Waals surface area contributed by atoms with Crippen molar-refractivity contribution in [3.63, 3.8) is 0 Å². The lowest BCUT2D eigenvalue weighted by Crippen LogP contribution is -2.45. The number of hydrogen-bond donors (Lipinski definition) is 2. The average molecular weight is 336 g/mol. The molecule has 1 fully saturated rings. The van der Waals surface area contributed by atoms with Crippen molar-refractivity contribution in [3.05, 3.63) is 30.1 Å². The predicted molar refractivity (Wildman–Crippen MR) is 91.5 cm³/mol. The fourth-order valence-electron chi connectivity index (χ4n) is 2.80. The van der Waals surface area contributed by atoms with Gasteiger partial charge in [0.2, 0.25) is 5.91 Å². The second-order valence-corrected chi connectivity index (χ2v) is 5.81. The summed E-state index contributed by atoms with van der Waals surface area (Å²) in [6, 6.07) is 5.37. The van der Waals surface area contributed by atoms with Gasteiger partial charge in [-0.15, -0.1) is 0 Å². The molecule has 1 aromatic rings. The molecule has 3 amide bonds. The monoisotopic (exact) mass is 336 g/mol. The number of nitrogens with one attached hydrogen (secondary N) is 2. The molecule has 1 heterocycles. The maximum absolute atomic E-state index is 13.3. The molecule has 1 aliphatic heterocycles. The van der Waals surface area contributed by atoms with Crippen LogP contribution in [0.1, 0.15) is 20.3 Å². The molecule has 0 saturated carbocycles. The van der Waals surface area contributed by atoms with Gasteiger partial charge in [-0.05, 0) is 31.3 Å². The average Bonchev–Trinajstić information content (AvgIpc) is 2.92. The third-order valence-electron chi connectivity index (χ3n) is 4.19. The first-order valence-corrected chi connectivity index (χ1v) is 8.36. The number of urea groups is 1. The molecule has 0 radical (unpaired) electrons. The largest absolute Gasteiger partial charge is 0.337 e. The molecule has 0 bridgehead atoms. The normalized spacial score (nSPS) is 17.4. The molecule has 1 aliphatic rings. The van der Waals surface area contributed by atoms with E-state index in [0.717, 1.165) is 19.6 Å². The van der Waals surface area contributed by atoms with Gasteiger partial charge < -0.3 is 20.4 Å². The minimum absolute atomic E-state index is 0.117. The van der Waals surface area contributed by atoms with Crippen molar-refractivity contribution in [2.24, 2.45) is 0 Å². The highest BCUT2D eigenvalue weighted by molar-refractivity contribution is 5.96. The molecule has 0 aliphatic carbocycles. The van der Waals surface area contributed by atoms with Crippen LogP contribution < -0.4 is 15.5 Å². The fourth-order valence-corrected chi connectivity index (χ4v) is 2.80. The molecule has 132 valence electrons. The minimum Gasteiger partial charge on any atom is -0.337 e. The molecular formula is C17H25FN4O2. The smallest absolute Gasteiger partial charge is 0.315 e. The van der Waals surface area contributed by atoms with Crippen LogP contribution in [0.3, 0.4) is 0 Å². The Hall–Kier alpha value is -2.15. The summed E-state index contributed by atoms with van der Waals surface area (Å²) in [5, 5.41) is 5.61. The minimum atomic E-state index is -0.383. The molecule has 24 heavy (non-hydrogen) atoms. The Morgan fingerprint density at radius 1 is 1.38 bits per heavy atom. The lowest BCUT2D eigenvalue weighted by atomic mass is 10.2. The van der Waals surface area contributed by atoms with Gasteiger partial charge in [0, 0.05) is 31.7 Å². The number of likely N-dealkylation sites (N-methyl/N-ethyl adjacent to an activating group) is 1. The molecule has 0 spiro atoms. The van der Waals surface area contributed by atoms with Crippen LogP contribution in [-0.4, -0.2) is 55.6 Å². The SMILES string of the molecule is CCN(CC)CCNC(=O)NC1CC(=O)N(c2cccc(F)c2)C1. The molecule has 1 aromatic carbocycles. The van der Waals surface area contributed by atoms with Crippen molar-refractivity contribution in [1.82, 2.24) is 15.5 Å². The number of rotatable bonds is 7. The zero-order valence-electron chi connectivity index (χ0n) is 14.2. The van der Waals surface area contributed by atoms with E-state index in [0.29, 0.717) is 18.8 Å². The van der Waals surface area contributed by atoms with Crippen LogP contribution in [0.4, 0.5) is 14.9 Å². The molecule has 1 atom stereocenters. The second kappa shape index (κ2) is 8.63. The number of amides is 3. The summed E-state index contributed by atoms with van der Waals surface area (Å²) in [6.45, 7) is 7.75. The number of anilines is 1. The van der Waals surface area contributed by atoms with Gasteiger partial charge in [-0.1, -0.05) is 19.9 Å².